The van der Waals surface area contributed by atoms with Gasteiger partial charge in [0.1, 0.15) is 24.5 Å². The molecule has 0 spiro atoms. The molecule has 1 N–H and O–H groups in total. The van der Waals surface area contributed by atoms with Crippen LogP contribution in [-0.2, 0) is 26.6 Å². The minimum atomic E-state index is -5.02. The van der Waals surface area contributed by atoms with Crippen molar-refractivity contribution in [2.45, 2.75) is 31.0 Å². The first kappa shape index (κ1) is 27.6. The number of nitrogens with zero attached hydrogens (tertiary/aromatic N) is 5. The van der Waals surface area contributed by atoms with E-state index in [2.05, 4.69) is 15.1 Å². The number of fused-ring (bicyclic) bond motifs is 1. The first-order valence-electron chi connectivity index (χ1n) is 11.3. The summed E-state index contributed by atoms with van der Waals surface area (Å²) in [4.78, 5) is 35.2. The Kier molecular flexibility index (Phi) is 7.78. The largest absolute Gasteiger partial charge is 0.485 e. The van der Waals surface area contributed by atoms with Gasteiger partial charge in [-0.25, -0.2) is 15.1 Å². The van der Waals surface area contributed by atoms with Crippen molar-refractivity contribution in [3.63, 3.8) is 0 Å². The summed E-state index contributed by atoms with van der Waals surface area (Å²) in [5.74, 6) is -1.14. The number of hydrogen-bond donors (Lipinski definition) is 1. The lowest BCUT2D eigenvalue weighted by atomic mass is 10.0. The Balaban J connectivity index is 1.39. The van der Waals surface area contributed by atoms with Crippen molar-refractivity contribution < 1.29 is 45.3 Å². The molecule has 0 aromatic carbocycles. The highest BCUT2D eigenvalue weighted by atomic mass is 19.4. The number of aromatic amines is 1. The molecule has 1 fully saturated rings. The van der Waals surface area contributed by atoms with E-state index >= 15 is 0 Å². The quantitative estimate of drug-likeness (QED) is 0.535. The van der Waals surface area contributed by atoms with E-state index in [4.69, 9.17) is 14.2 Å². The standard InChI is InChI=1S/C21H22F6N6O5/c1-36-9-12-6-13(16-17(38-12)15(21(25,26)27)18(35)31-30-16)37-10-14(34)32-2-4-33(5-3-32)19-28-7-11(8-29-19)20(22,23)24/h7-8,12-13H,2-6,9-10H2,1H3,(H,31,35)/t12-,13+/m0/s1. The molecular formula is C21H22F6N6O5. The Bertz CT molecular complexity index is 1200. The molecule has 11 nitrogen and oxygen atoms in total. The van der Waals surface area contributed by atoms with Crippen LogP contribution in [0.2, 0.25) is 0 Å². The maximum absolute atomic E-state index is 13.5. The normalized spacial score (nSPS) is 20.2. The fourth-order valence-corrected chi connectivity index (χ4v) is 4.09. The number of carbonyl (C=O) groups excluding carboxylic acids is 1. The van der Waals surface area contributed by atoms with Gasteiger partial charge in [0.2, 0.25) is 11.9 Å². The van der Waals surface area contributed by atoms with Crippen LogP contribution in [-0.4, -0.2) is 83.6 Å². The first-order chi connectivity index (χ1) is 17.9. The van der Waals surface area contributed by atoms with Gasteiger partial charge in [-0.15, -0.1) is 0 Å². The second kappa shape index (κ2) is 10.7. The van der Waals surface area contributed by atoms with Crippen LogP contribution < -0.4 is 15.2 Å². The molecule has 17 heteroatoms. The summed E-state index contributed by atoms with van der Waals surface area (Å²) in [5, 5.41) is 5.48. The Hall–Kier alpha value is -3.47. The molecule has 4 heterocycles. The zero-order chi connectivity index (χ0) is 27.7. The number of hydrogen-bond acceptors (Lipinski definition) is 9. The smallest absolute Gasteiger partial charge is 0.425 e. The molecular weight excluding hydrogens is 530 g/mol. The van der Waals surface area contributed by atoms with Crippen LogP contribution in [0.1, 0.15) is 29.3 Å². The number of carbonyl (C=O) groups is 1. The van der Waals surface area contributed by atoms with Gasteiger partial charge in [-0.05, 0) is 0 Å². The first-order valence-corrected chi connectivity index (χ1v) is 11.3. The number of methoxy groups -OCH3 is 1. The van der Waals surface area contributed by atoms with E-state index in [1.807, 2.05) is 0 Å². The molecule has 2 aromatic heterocycles. The lowest BCUT2D eigenvalue weighted by molar-refractivity contribution is -0.145. The third-order valence-electron chi connectivity index (χ3n) is 5.96. The second-order valence-electron chi connectivity index (χ2n) is 8.51. The number of nitrogens with one attached hydrogen (secondary N) is 1. The molecule has 0 unspecified atom stereocenters. The molecule has 0 saturated carbocycles. The number of ether oxygens (including phenoxy) is 3. The summed E-state index contributed by atoms with van der Waals surface area (Å²) in [7, 11) is 1.33. The summed E-state index contributed by atoms with van der Waals surface area (Å²) in [6, 6.07) is 0. The highest BCUT2D eigenvalue weighted by Crippen LogP contribution is 2.42. The van der Waals surface area contributed by atoms with Gasteiger partial charge in [0.25, 0.3) is 5.56 Å². The third-order valence-corrected chi connectivity index (χ3v) is 5.96. The van der Waals surface area contributed by atoms with Crippen molar-refractivity contribution in [2.24, 2.45) is 0 Å². The molecule has 1 amide bonds. The Labute approximate surface area is 210 Å². The van der Waals surface area contributed by atoms with Crippen molar-refractivity contribution in [3.05, 3.63) is 39.6 Å². The predicted molar refractivity (Wildman–Crippen MR) is 115 cm³/mol. The topological polar surface area (TPSA) is 123 Å². The van der Waals surface area contributed by atoms with Crippen LogP contribution in [0.25, 0.3) is 0 Å². The molecule has 0 radical (unpaired) electrons. The van der Waals surface area contributed by atoms with E-state index in [1.54, 1.807) is 10.00 Å². The molecule has 2 aliphatic rings. The highest BCUT2D eigenvalue weighted by Gasteiger charge is 2.44. The molecule has 0 bridgehead atoms. The molecule has 2 aromatic rings. The average Bonchev–Trinajstić information content (AvgIpc) is 2.86. The van der Waals surface area contributed by atoms with Crippen LogP contribution in [0.4, 0.5) is 32.3 Å². The molecule has 4 rings (SSSR count). The van der Waals surface area contributed by atoms with Crippen LogP contribution in [0, 0.1) is 0 Å². The minimum Gasteiger partial charge on any atom is -0.485 e. The molecule has 2 aliphatic heterocycles. The highest BCUT2D eigenvalue weighted by molar-refractivity contribution is 5.77. The van der Waals surface area contributed by atoms with Gasteiger partial charge >= 0.3 is 12.4 Å². The van der Waals surface area contributed by atoms with E-state index in [0.717, 1.165) is 0 Å². The third kappa shape index (κ3) is 5.98. The Morgan fingerprint density at radius 2 is 1.76 bits per heavy atom. The maximum atomic E-state index is 13.5. The van der Waals surface area contributed by atoms with Gasteiger partial charge in [0.15, 0.2) is 11.3 Å². The Morgan fingerprint density at radius 3 is 2.34 bits per heavy atom. The van der Waals surface area contributed by atoms with E-state index in [0.29, 0.717) is 12.4 Å². The number of halogens is 6. The number of rotatable bonds is 6. The summed E-state index contributed by atoms with van der Waals surface area (Å²) < 4.78 is 94.7. The monoisotopic (exact) mass is 552 g/mol. The van der Waals surface area contributed by atoms with Gasteiger partial charge in [-0.2, -0.15) is 31.4 Å². The molecule has 38 heavy (non-hydrogen) atoms. The van der Waals surface area contributed by atoms with E-state index in [1.165, 1.54) is 12.0 Å². The van der Waals surface area contributed by atoms with Gasteiger partial charge in [0, 0.05) is 52.1 Å². The number of anilines is 1. The van der Waals surface area contributed by atoms with Gasteiger partial charge in [-0.3, -0.25) is 9.59 Å². The van der Waals surface area contributed by atoms with Crippen molar-refractivity contribution in [1.29, 1.82) is 0 Å². The molecule has 2 atom stereocenters. The average molecular weight is 552 g/mol. The van der Waals surface area contributed by atoms with Crippen molar-refractivity contribution in [1.82, 2.24) is 25.1 Å². The SMILES string of the molecule is COC[C@@H]1C[C@@H](OCC(=O)N2CCN(c3ncc(C(F)(F)F)cn3)CC2)c2n[nH]c(=O)c(C(F)(F)F)c2O1. The fourth-order valence-electron chi connectivity index (χ4n) is 4.09. The van der Waals surface area contributed by atoms with E-state index in [-0.39, 0.29) is 50.8 Å². The number of aromatic nitrogens is 4. The van der Waals surface area contributed by atoms with Crippen molar-refractivity contribution in [2.75, 3.05) is 51.4 Å². The Morgan fingerprint density at radius 1 is 1.11 bits per heavy atom. The summed E-state index contributed by atoms with van der Waals surface area (Å²) in [6.45, 7) is 0.268. The van der Waals surface area contributed by atoms with Gasteiger partial charge < -0.3 is 24.0 Å². The number of piperazine rings is 1. The maximum Gasteiger partial charge on any atom is 0.425 e. The second-order valence-corrected chi connectivity index (χ2v) is 8.51. The van der Waals surface area contributed by atoms with Crippen LogP contribution >= 0.6 is 0 Å². The lowest BCUT2D eigenvalue weighted by Gasteiger charge is -2.35. The fraction of sp³-hybridized carbons (Fsp3) is 0.571. The van der Waals surface area contributed by atoms with Gasteiger partial charge in [-0.1, -0.05) is 0 Å². The van der Waals surface area contributed by atoms with Crippen molar-refractivity contribution >= 4 is 11.9 Å². The van der Waals surface area contributed by atoms with Crippen LogP contribution in [0.15, 0.2) is 17.2 Å². The molecule has 1 saturated heterocycles. The lowest BCUT2D eigenvalue weighted by Crippen LogP contribution is -2.50. The zero-order valence-corrected chi connectivity index (χ0v) is 19.8. The number of alkyl halides is 6. The molecule has 208 valence electrons. The number of amides is 1. The van der Waals surface area contributed by atoms with Crippen LogP contribution in [0.3, 0.4) is 0 Å². The summed E-state index contributed by atoms with van der Waals surface area (Å²) in [6.07, 6.45) is -10.2. The zero-order valence-electron chi connectivity index (χ0n) is 19.8. The number of H-pyrrole nitrogens is 1. The summed E-state index contributed by atoms with van der Waals surface area (Å²) in [5.41, 5.74) is -4.29. The van der Waals surface area contributed by atoms with Gasteiger partial charge in [0.05, 0.1) is 12.2 Å². The van der Waals surface area contributed by atoms with Crippen molar-refractivity contribution in [3.8, 4) is 5.75 Å². The van der Waals surface area contributed by atoms with E-state index in [9.17, 15) is 35.9 Å². The summed E-state index contributed by atoms with van der Waals surface area (Å²) >= 11 is 0. The minimum absolute atomic E-state index is 0.0174. The van der Waals surface area contributed by atoms with E-state index < -0.39 is 59.5 Å². The predicted octanol–water partition coefficient (Wildman–Crippen LogP) is 1.80. The van der Waals surface area contributed by atoms with Crippen LogP contribution in [0.5, 0.6) is 5.75 Å². The molecule has 0 aliphatic carbocycles.